The van der Waals surface area contributed by atoms with Crippen molar-refractivity contribution in [1.29, 1.82) is 0 Å². The minimum atomic E-state index is -0.287. The molecule has 3 rings (SSSR count). The van der Waals surface area contributed by atoms with Crippen LogP contribution >= 0.6 is 0 Å². The Bertz CT molecular complexity index is 861. The second-order valence-electron chi connectivity index (χ2n) is 8.03. The van der Waals surface area contributed by atoms with E-state index in [1.165, 1.54) is 0 Å². The Labute approximate surface area is 166 Å². The van der Waals surface area contributed by atoms with Gasteiger partial charge < -0.3 is 9.84 Å². The third kappa shape index (κ3) is 4.36. The number of rotatable bonds is 7. The fraction of sp³-hybridized carbons (Fsp3) is 0.478. The van der Waals surface area contributed by atoms with Gasteiger partial charge in [0.1, 0.15) is 11.8 Å². The maximum atomic E-state index is 12.9. The molecular weight excluding hydrogens is 354 g/mol. The average Bonchev–Trinajstić information content (AvgIpc) is 3.04. The van der Waals surface area contributed by atoms with Gasteiger partial charge in [-0.1, -0.05) is 44.2 Å². The number of Topliss-reactive ketones (excluding diaryl/α,β-unsaturated/α-hetero) is 1. The van der Waals surface area contributed by atoms with Crippen molar-refractivity contribution in [2.75, 3.05) is 19.7 Å². The van der Waals surface area contributed by atoms with Crippen LogP contribution in [0, 0.1) is 11.8 Å². The lowest BCUT2D eigenvalue weighted by Crippen LogP contribution is -2.39. The van der Waals surface area contributed by atoms with Crippen molar-refractivity contribution in [3.8, 4) is 5.75 Å². The molecule has 2 aromatic carbocycles. The monoisotopic (exact) mass is 383 g/mol. The van der Waals surface area contributed by atoms with Crippen molar-refractivity contribution in [1.82, 2.24) is 4.90 Å². The predicted octanol–water partition coefficient (Wildman–Crippen LogP) is 4.03. The summed E-state index contributed by atoms with van der Waals surface area (Å²) in [6, 6.07) is 10.8. The highest BCUT2D eigenvalue weighted by molar-refractivity contribution is 6.04. The van der Waals surface area contributed by atoms with E-state index in [0.29, 0.717) is 42.9 Å². The van der Waals surface area contributed by atoms with E-state index in [1.807, 2.05) is 37.3 Å². The van der Waals surface area contributed by atoms with E-state index in [-0.39, 0.29) is 29.5 Å². The van der Waals surface area contributed by atoms with Crippen molar-refractivity contribution >= 4 is 22.5 Å². The summed E-state index contributed by atoms with van der Waals surface area (Å²) in [5.74, 6) is 0.262. The summed E-state index contributed by atoms with van der Waals surface area (Å²) in [7, 11) is 0. The third-order valence-electron chi connectivity index (χ3n) is 5.32. The SMILES string of the molecule is CCOC(=O)[C@@H]1C[C@H](CC(=O)c2ccc3ccccc3c2O)CN1CC(C)C. The zero-order valence-electron chi connectivity index (χ0n) is 16.9. The average molecular weight is 383 g/mol. The number of phenols is 1. The third-order valence-corrected chi connectivity index (χ3v) is 5.32. The molecule has 0 spiro atoms. The maximum absolute atomic E-state index is 12.9. The van der Waals surface area contributed by atoms with Gasteiger partial charge in [0.05, 0.1) is 12.2 Å². The number of nitrogens with zero attached hydrogens (tertiary/aromatic N) is 1. The first-order chi connectivity index (χ1) is 13.4. The number of carbonyl (C=O) groups is 2. The van der Waals surface area contributed by atoms with E-state index < -0.39 is 0 Å². The standard InChI is InChI=1S/C23H29NO4/c1-4-28-23(27)20-11-16(14-24(20)13-15(2)3)12-21(25)19-10-9-17-7-5-6-8-18(17)22(19)26/h5-10,15-16,20,26H,4,11-14H2,1-3H3/t16-,20+/m1/s1. The molecule has 0 radical (unpaired) electrons. The Balaban J connectivity index is 1.75. The van der Waals surface area contributed by atoms with Crippen molar-refractivity contribution in [2.24, 2.45) is 11.8 Å². The number of hydrogen-bond donors (Lipinski definition) is 1. The number of ether oxygens (including phenoxy) is 1. The smallest absolute Gasteiger partial charge is 0.323 e. The molecule has 1 heterocycles. The summed E-state index contributed by atoms with van der Waals surface area (Å²) in [5.41, 5.74) is 0.355. The van der Waals surface area contributed by atoms with E-state index in [1.54, 1.807) is 6.07 Å². The number of likely N-dealkylation sites (tertiary alicyclic amines) is 1. The molecule has 5 heteroatoms. The second-order valence-corrected chi connectivity index (χ2v) is 8.03. The van der Waals surface area contributed by atoms with E-state index in [0.717, 1.165) is 11.9 Å². The van der Waals surface area contributed by atoms with Crippen molar-refractivity contribution in [3.63, 3.8) is 0 Å². The highest BCUT2D eigenvalue weighted by Crippen LogP contribution is 2.33. The van der Waals surface area contributed by atoms with Crippen LogP contribution in [0.5, 0.6) is 5.75 Å². The van der Waals surface area contributed by atoms with Gasteiger partial charge in [-0.3, -0.25) is 14.5 Å². The fourth-order valence-electron chi connectivity index (χ4n) is 4.15. The molecule has 1 fully saturated rings. The van der Waals surface area contributed by atoms with Gasteiger partial charge in [0.15, 0.2) is 5.78 Å². The van der Waals surface area contributed by atoms with Crippen LogP contribution in [-0.4, -0.2) is 47.5 Å². The molecular formula is C23H29NO4. The van der Waals surface area contributed by atoms with Gasteiger partial charge in [0.2, 0.25) is 0 Å². The van der Waals surface area contributed by atoms with Crippen LogP contribution in [0.25, 0.3) is 10.8 Å². The molecule has 1 saturated heterocycles. The number of benzene rings is 2. The summed E-state index contributed by atoms with van der Waals surface area (Å²) in [6.07, 6.45) is 0.933. The van der Waals surface area contributed by atoms with Gasteiger partial charge in [0.25, 0.3) is 0 Å². The summed E-state index contributed by atoms with van der Waals surface area (Å²) in [6.45, 7) is 7.90. The Morgan fingerprint density at radius 2 is 1.96 bits per heavy atom. The van der Waals surface area contributed by atoms with Crippen LogP contribution in [0.15, 0.2) is 36.4 Å². The molecule has 1 N–H and O–H groups in total. The maximum Gasteiger partial charge on any atom is 0.323 e. The molecule has 2 atom stereocenters. The van der Waals surface area contributed by atoms with Gasteiger partial charge in [-0.05, 0) is 36.6 Å². The molecule has 0 unspecified atom stereocenters. The summed E-state index contributed by atoms with van der Waals surface area (Å²) in [4.78, 5) is 27.4. The summed E-state index contributed by atoms with van der Waals surface area (Å²) < 4.78 is 5.24. The quantitative estimate of drug-likeness (QED) is 0.578. The number of esters is 1. The molecule has 1 aliphatic rings. The number of hydrogen-bond acceptors (Lipinski definition) is 5. The number of aromatic hydroxyl groups is 1. The molecule has 5 nitrogen and oxygen atoms in total. The van der Waals surface area contributed by atoms with Gasteiger partial charge in [-0.25, -0.2) is 0 Å². The van der Waals surface area contributed by atoms with E-state index in [2.05, 4.69) is 18.7 Å². The molecule has 0 saturated carbocycles. The highest BCUT2D eigenvalue weighted by Gasteiger charge is 2.38. The van der Waals surface area contributed by atoms with Crippen molar-refractivity contribution in [2.45, 2.75) is 39.7 Å². The predicted molar refractivity (Wildman–Crippen MR) is 109 cm³/mol. The first-order valence-corrected chi connectivity index (χ1v) is 10.0. The van der Waals surface area contributed by atoms with Gasteiger partial charge in [0, 0.05) is 24.9 Å². The number of ketones is 1. The number of phenolic OH excluding ortho intramolecular Hbond substituents is 1. The molecule has 0 aromatic heterocycles. The lowest BCUT2D eigenvalue weighted by Gasteiger charge is -2.24. The zero-order chi connectivity index (χ0) is 20.3. The fourth-order valence-corrected chi connectivity index (χ4v) is 4.15. The first-order valence-electron chi connectivity index (χ1n) is 10.0. The largest absolute Gasteiger partial charge is 0.507 e. The summed E-state index contributed by atoms with van der Waals surface area (Å²) >= 11 is 0. The first kappa shape index (κ1) is 20.3. The molecule has 0 aliphatic carbocycles. The minimum Gasteiger partial charge on any atom is -0.507 e. The number of carbonyl (C=O) groups excluding carboxylic acids is 2. The Kier molecular flexibility index (Phi) is 6.35. The van der Waals surface area contributed by atoms with Crippen LogP contribution in [0.3, 0.4) is 0 Å². The lowest BCUT2D eigenvalue weighted by atomic mass is 9.94. The highest BCUT2D eigenvalue weighted by atomic mass is 16.5. The van der Waals surface area contributed by atoms with Crippen molar-refractivity contribution in [3.05, 3.63) is 42.0 Å². The lowest BCUT2D eigenvalue weighted by molar-refractivity contribution is -0.148. The van der Waals surface area contributed by atoms with Gasteiger partial charge in [-0.2, -0.15) is 0 Å². The van der Waals surface area contributed by atoms with Crippen LogP contribution in [0.1, 0.15) is 44.0 Å². The molecule has 0 bridgehead atoms. The van der Waals surface area contributed by atoms with Gasteiger partial charge in [-0.15, -0.1) is 0 Å². The van der Waals surface area contributed by atoms with E-state index >= 15 is 0 Å². The molecule has 28 heavy (non-hydrogen) atoms. The Morgan fingerprint density at radius 3 is 2.68 bits per heavy atom. The van der Waals surface area contributed by atoms with E-state index in [9.17, 15) is 14.7 Å². The van der Waals surface area contributed by atoms with Crippen LogP contribution < -0.4 is 0 Å². The van der Waals surface area contributed by atoms with Crippen LogP contribution in [0.2, 0.25) is 0 Å². The molecule has 150 valence electrons. The molecule has 1 aliphatic heterocycles. The minimum absolute atomic E-state index is 0.0436. The normalized spacial score (nSPS) is 20.0. The van der Waals surface area contributed by atoms with Gasteiger partial charge >= 0.3 is 5.97 Å². The second kappa shape index (κ2) is 8.74. The van der Waals surface area contributed by atoms with E-state index in [4.69, 9.17) is 4.74 Å². The molecule has 2 aromatic rings. The Hall–Kier alpha value is -2.40. The Morgan fingerprint density at radius 1 is 1.21 bits per heavy atom. The van der Waals surface area contributed by atoms with Crippen LogP contribution in [0.4, 0.5) is 0 Å². The topological polar surface area (TPSA) is 66.8 Å². The van der Waals surface area contributed by atoms with Crippen molar-refractivity contribution < 1.29 is 19.4 Å². The summed E-state index contributed by atoms with van der Waals surface area (Å²) in [5, 5.41) is 12.2. The van der Waals surface area contributed by atoms with Crippen LogP contribution in [-0.2, 0) is 9.53 Å². The molecule has 0 amide bonds. The number of fused-ring (bicyclic) bond motifs is 1. The zero-order valence-corrected chi connectivity index (χ0v) is 16.9.